The zero-order valence-electron chi connectivity index (χ0n) is 14.8. The molecule has 0 aromatic carbocycles. The third-order valence-electron chi connectivity index (χ3n) is 6.29. The van der Waals surface area contributed by atoms with Gasteiger partial charge in [-0.25, -0.2) is 0 Å². The second-order valence-electron chi connectivity index (χ2n) is 8.11. The van der Waals surface area contributed by atoms with E-state index in [1.54, 1.807) is 0 Å². The van der Waals surface area contributed by atoms with Crippen LogP contribution in [0.15, 0.2) is 0 Å². The van der Waals surface area contributed by atoms with E-state index in [1.165, 1.54) is 83.7 Å². The van der Waals surface area contributed by atoms with Gasteiger partial charge in [0, 0.05) is 23.5 Å². The van der Waals surface area contributed by atoms with E-state index in [0.717, 1.165) is 0 Å². The van der Waals surface area contributed by atoms with E-state index in [2.05, 4.69) is 25.7 Å². The number of likely N-dealkylation sites (tertiary alicyclic amines) is 1. The fourth-order valence-corrected chi connectivity index (χ4v) is 4.33. The standard InChI is InChI=1S/C19H38N2/c1-4-6-8-10-12-18(3,11-9-7-5-2)21-14-13-19(16-21)15-17(19)20/h17H,4-16,20H2,1-3H3/t17?,18?,19-/m0/s1. The number of hydrogen-bond acceptors (Lipinski definition) is 2. The molecule has 1 aliphatic heterocycles. The summed E-state index contributed by atoms with van der Waals surface area (Å²) in [6.45, 7) is 9.74. The Morgan fingerprint density at radius 3 is 2.14 bits per heavy atom. The van der Waals surface area contributed by atoms with Crippen LogP contribution in [0, 0.1) is 5.41 Å². The van der Waals surface area contributed by atoms with Crippen molar-refractivity contribution in [3.05, 3.63) is 0 Å². The zero-order chi connectivity index (χ0) is 15.3. The molecule has 0 radical (unpaired) electrons. The summed E-state index contributed by atoms with van der Waals surface area (Å²) in [5, 5.41) is 0. The van der Waals surface area contributed by atoms with Gasteiger partial charge in [0.1, 0.15) is 0 Å². The van der Waals surface area contributed by atoms with Gasteiger partial charge in [-0.1, -0.05) is 58.8 Å². The maximum atomic E-state index is 6.20. The first-order valence-corrected chi connectivity index (χ1v) is 9.57. The first kappa shape index (κ1) is 17.3. The molecule has 0 aromatic rings. The van der Waals surface area contributed by atoms with Gasteiger partial charge < -0.3 is 5.73 Å². The fourth-order valence-electron chi connectivity index (χ4n) is 4.33. The van der Waals surface area contributed by atoms with Crippen LogP contribution in [0.25, 0.3) is 0 Å². The summed E-state index contributed by atoms with van der Waals surface area (Å²) in [5.41, 5.74) is 7.17. The van der Waals surface area contributed by atoms with Gasteiger partial charge in [0.15, 0.2) is 0 Å². The number of nitrogens with two attached hydrogens (primary N) is 1. The first-order chi connectivity index (χ1) is 10.1. The van der Waals surface area contributed by atoms with Crippen molar-refractivity contribution in [1.82, 2.24) is 4.90 Å². The van der Waals surface area contributed by atoms with Gasteiger partial charge in [-0.15, -0.1) is 0 Å². The second-order valence-corrected chi connectivity index (χ2v) is 8.11. The van der Waals surface area contributed by atoms with Gasteiger partial charge in [0.2, 0.25) is 0 Å². The van der Waals surface area contributed by atoms with Crippen molar-refractivity contribution in [2.45, 2.75) is 103 Å². The summed E-state index contributed by atoms with van der Waals surface area (Å²) < 4.78 is 0. The van der Waals surface area contributed by atoms with Crippen LogP contribution in [-0.4, -0.2) is 29.6 Å². The Morgan fingerprint density at radius 1 is 1.05 bits per heavy atom. The number of hydrogen-bond donors (Lipinski definition) is 1. The van der Waals surface area contributed by atoms with Crippen LogP contribution in [0.3, 0.4) is 0 Å². The summed E-state index contributed by atoms with van der Waals surface area (Å²) in [6, 6.07) is 0.502. The highest BCUT2D eigenvalue weighted by molar-refractivity contribution is 5.12. The summed E-state index contributed by atoms with van der Waals surface area (Å²) in [6.07, 6.45) is 15.1. The lowest BCUT2D eigenvalue weighted by Gasteiger charge is -2.40. The topological polar surface area (TPSA) is 29.3 Å². The van der Waals surface area contributed by atoms with E-state index in [0.29, 0.717) is 17.0 Å². The number of unbranched alkanes of at least 4 members (excludes halogenated alkanes) is 5. The van der Waals surface area contributed by atoms with Crippen LogP contribution in [0.4, 0.5) is 0 Å². The predicted octanol–water partition coefficient (Wildman–Crippen LogP) is 4.72. The van der Waals surface area contributed by atoms with Crippen LogP contribution < -0.4 is 5.73 Å². The van der Waals surface area contributed by atoms with Crippen molar-refractivity contribution in [1.29, 1.82) is 0 Å². The quantitative estimate of drug-likeness (QED) is 0.591. The lowest BCUT2D eigenvalue weighted by atomic mass is 9.86. The molecule has 1 aliphatic carbocycles. The highest BCUT2D eigenvalue weighted by Crippen LogP contribution is 2.53. The minimum atomic E-state index is 0.439. The molecule has 21 heavy (non-hydrogen) atoms. The lowest BCUT2D eigenvalue weighted by Crippen LogP contribution is -2.45. The third-order valence-corrected chi connectivity index (χ3v) is 6.29. The molecule has 2 aliphatic rings. The molecule has 2 rings (SSSR count). The minimum absolute atomic E-state index is 0.439. The molecule has 0 aromatic heterocycles. The highest BCUT2D eigenvalue weighted by atomic mass is 15.2. The third kappa shape index (κ3) is 4.22. The van der Waals surface area contributed by atoms with Gasteiger partial charge in [0.25, 0.3) is 0 Å². The van der Waals surface area contributed by atoms with Gasteiger partial charge >= 0.3 is 0 Å². The molecule has 2 heteroatoms. The molecular formula is C19H38N2. The van der Waals surface area contributed by atoms with Crippen LogP contribution in [0.1, 0.15) is 91.4 Å². The maximum Gasteiger partial charge on any atom is 0.0181 e. The van der Waals surface area contributed by atoms with Crippen LogP contribution in [0.5, 0.6) is 0 Å². The molecule has 0 bridgehead atoms. The molecule has 3 atom stereocenters. The van der Waals surface area contributed by atoms with Crippen molar-refractivity contribution >= 4 is 0 Å². The molecule has 1 saturated heterocycles. The monoisotopic (exact) mass is 294 g/mol. The molecule has 2 unspecified atom stereocenters. The van der Waals surface area contributed by atoms with Gasteiger partial charge in [-0.05, 0) is 39.2 Å². The molecule has 2 fully saturated rings. The van der Waals surface area contributed by atoms with Gasteiger partial charge in [-0.3, -0.25) is 4.90 Å². The second kappa shape index (κ2) is 7.46. The van der Waals surface area contributed by atoms with Crippen LogP contribution in [-0.2, 0) is 0 Å². The summed E-state index contributed by atoms with van der Waals surface area (Å²) in [7, 11) is 0. The van der Waals surface area contributed by atoms with Crippen molar-refractivity contribution in [2.75, 3.05) is 13.1 Å². The van der Waals surface area contributed by atoms with Gasteiger partial charge in [-0.2, -0.15) is 0 Å². The largest absolute Gasteiger partial charge is 0.327 e. The normalized spacial score (nSPS) is 31.7. The fraction of sp³-hybridized carbons (Fsp3) is 1.00. The maximum absolute atomic E-state index is 6.20. The van der Waals surface area contributed by atoms with Crippen molar-refractivity contribution in [3.8, 4) is 0 Å². The van der Waals surface area contributed by atoms with Crippen molar-refractivity contribution < 1.29 is 0 Å². The van der Waals surface area contributed by atoms with Gasteiger partial charge in [0.05, 0.1) is 0 Å². The van der Waals surface area contributed by atoms with E-state index in [-0.39, 0.29) is 0 Å². The van der Waals surface area contributed by atoms with Crippen LogP contribution in [0.2, 0.25) is 0 Å². The molecule has 1 saturated carbocycles. The Morgan fingerprint density at radius 2 is 1.62 bits per heavy atom. The average molecular weight is 295 g/mol. The Kier molecular flexibility index (Phi) is 6.14. The van der Waals surface area contributed by atoms with Crippen molar-refractivity contribution in [3.63, 3.8) is 0 Å². The smallest absolute Gasteiger partial charge is 0.0181 e. The minimum Gasteiger partial charge on any atom is -0.327 e. The zero-order valence-corrected chi connectivity index (χ0v) is 14.8. The molecule has 124 valence electrons. The Hall–Kier alpha value is -0.0800. The van der Waals surface area contributed by atoms with E-state index in [1.807, 2.05) is 0 Å². The predicted molar refractivity (Wildman–Crippen MR) is 92.5 cm³/mol. The number of nitrogens with zero attached hydrogens (tertiary/aromatic N) is 1. The molecule has 1 heterocycles. The molecule has 1 spiro atoms. The molecule has 2 N–H and O–H groups in total. The first-order valence-electron chi connectivity index (χ1n) is 9.57. The molecule has 0 amide bonds. The SMILES string of the molecule is CCCCCCC(C)(CCCCC)N1CC[C@]2(CC2N)C1. The van der Waals surface area contributed by atoms with E-state index in [9.17, 15) is 0 Å². The van der Waals surface area contributed by atoms with Crippen LogP contribution >= 0.6 is 0 Å². The summed E-state index contributed by atoms with van der Waals surface area (Å²) in [4.78, 5) is 2.82. The van der Waals surface area contributed by atoms with E-state index < -0.39 is 0 Å². The molecule has 2 nitrogen and oxygen atoms in total. The Balaban J connectivity index is 1.87. The Bertz CT molecular complexity index is 317. The molecular weight excluding hydrogens is 256 g/mol. The van der Waals surface area contributed by atoms with Crippen molar-refractivity contribution in [2.24, 2.45) is 11.1 Å². The summed E-state index contributed by atoms with van der Waals surface area (Å²) >= 11 is 0. The average Bonchev–Trinajstić information content (AvgIpc) is 2.88. The summed E-state index contributed by atoms with van der Waals surface area (Å²) in [5.74, 6) is 0. The number of rotatable bonds is 10. The van der Waals surface area contributed by atoms with E-state index in [4.69, 9.17) is 5.73 Å². The Labute approximate surface area is 132 Å². The van der Waals surface area contributed by atoms with E-state index >= 15 is 0 Å². The highest BCUT2D eigenvalue weighted by Gasteiger charge is 2.57. The lowest BCUT2D eigenvalue weighted by molar-refractivity contribution is 0.101.